The summed E-state index contributed by atoms with van der Waals surface area (Å²) in [4.78, 5) is 4.86. The lowest BCUT2D eigenvalue weighted by molar-refractivity contribution is 0.0859. The highest BCUT2D eigenvalue weighted by atomic mass is 79.9. The Bertz CT molecular complexity index is 393. The Morgan fingerprint density at radius 2 is 2.19 bits per heavy atom. The van der Waals surface area contributed by atoms with Gasteiger partial charge in [-0.05, 0) is 58.8 Å². The van der Waals surface area contributed by atoms with Crippen LogP contribution in [-0.4, -0.2) is 12.2 Å². The van der Waals surface area contributed by atoms with Crippen molar-refractivity contribution >= 4 is 15.9 Å². The van der Waals surface area contributed by atoms with Crippen LogP contribution in [0.3, 0.4) is 0 Å². The van der Waals surface area contributed by atoms with Gasteiger partial charge in [-0.3, -0.25) is 0 Å². The average molecular weight is 286 g/mol. The first kappa shape index (κ1) is 11.9. The number of hydrogen-bond acceptors (Lipinski definition) is 3. The van der Waals surface area contributed by atoms with Crippen LogP contribution in [0.15, 0.2) is 10.5 Å². The van der Waals surface area contributed by atoms with Crippen LogP contribution in [0.4, 0.5) is 0 Å². The number of fused-ring (bicyclic) bond motifs is 1. The van der Waals surface area contributed by atoms with Gasteiger partial charge in [0, 0.05) is 12.1 Å². The van der Waals surface area contributed by atoms with Gasteiger partial charge < -0.3 is 9.94 Å². The first-order chi connectivity index (χ1) is 7.74. The van der Waals surface area contributed by atoms with Crippen molar-refractivity contribution in [2.75, 3.05) is 7.11 Å². The number of hydroxylamine groups is 1. The van der Waals surface area contributed by atoms with Crippen molar-refractivity contribution in [2.45, 2.75) is 32.2 Å². The Morgan fingerprint density at radius 3 is 2.94 bits per heavy atom. The second-order valence-electron chi connectivity index (χ2n) is 4.06. The first-order valence-corrected chi connectivity index (χ1v) is 6.31. The van der Waals surface area contributed by atoms with E-state index in [0.717, 1.165) is 22.9 Å². The Balaban J connectivity index is 2.41. The standard InChI is InChI=1S/C12H16BrNO2/c1-16-14-7-10-9-5-3-2-4-8(9)6-11(13)12(10)15/h6,14-15H,2-5,7H2,1H3. The third-order valence-corrected chi connectivity index (χ3v) is 3.69. The summed E-state index contributed by atoms with van der Waals surface area (Å²) in [5.41, 5.74) is 6.40. The van der Waals surface area contributed by atoms with Crippen molar-refractivity contribution < 1.29 is 9.94 Å². The zero-order chi connectivity index (χ0) is 11.5. The number of benzene rings is 1. The van der Waals surface area contributed by atoms with Crippen LogP contribution >= 0.6 is 15.9 Å². The summed E-state index contributed by atoms with van der Waals surface area (Å²) < 4.78 is 0.779. The molecule has 2 N–H and O–H groups in total. The maximum Gasteiger partial charge on any atom is 0.134 e. The van der Waals surface area contributed by atoms with Gasteiger partial charge in [0.05, 0.1) is 11.6 Å². The van der Waals surface area contributed by atoms with E-state index in [1.807, 2.05) is 6.07 Å². The quantitative estimate of drug-likeness (QED) is 0.839. The lowest BCUT2D eigenvalue weighted by Gasteiger charge is -2.21. The molecule has 0 atom stereocenters. The zero-order valence-electron chi connectivity index (χ0n) is 9.35. The van der Waals surface area contributed by atoms with E-state index >= 15 is 0 Å². The molecular formula is C12H16BrNO2. The molecule has 0 saturated carbocycles. The van der Waals surface area contributed by atoms with Crippen LogP contribution in [0, 0.1) is 0 Å². The Morgan fingerprint density at radius 1 is 1.44 bits per heavy atom. The first-order valence-electron chi connectivity index (χ1n) is 5.52. The molecule has 0 unspecified atom stereocenters. The van der Waals surface area contributed by atoms with E-state index in [9.17, 15) is 5.11 Å². The fourth-order valence-corrected chi connectivity index (χ4v) is 2.79. The maximum absolute atomic E-state index is 10.0. The molecule has 3 nitrogen and oxygen atoms in total. The summed E-state index contributed by atoms with van der Waals surface area (Å²) in [6.07, 6.45) is 4.60. The van der Waals surface area contributed by atoms with Gasteiger partial charge >= 0.3 is 0 Å². The van der Waals surface area contributed by atoms with Crippen LogP contribution < -0.4 is 5.48 Å². The maximum atomic E-state index is 10.0. The van der Waals surface area contributed by atoms with E-state index in [1.165, 1.54) is 24.0 Å². The predicted molar refractivity (Wildman–Crippen MR) is 66.3 cm³/mol. The van der Waals surface area contributed by atoms with E-state index in [4.69, 9.17) is 4.84 Å². The molecule has 0 amide bonds. The molecular weight excluding hydrogens is 270 g/mol. The average Bonchev–Trinajstić information content (AvgIpc) is 2.30. The summed E-state index contributed by atoms with van der Waals surface area (Å²) in [6, 6.07) is 2.04. The highest BCUT2D eigenvalue weighted by molar-refractivity contribution is 9.10. The summed E-state index contributed by atoms with van der Waals surface area (Å²) in [6.45, 7) is 0.546. The van der Waals surface area contributed by atoms with E-state index < -0.39 is 0 Å². The molecule has 4 heteroatoms. The topological polar surface area (TPSA) is 41.5 Å². The van der Waals surface area contributed by atoms with Gasteiger partial charge in [0.15, 0.2) is 0 Å². The molecule has 1 aromatic carbocycles. The van der Waals surface area contributed by atoms with E-state index in [0.29, 0.717) is 12.3 Å². The number of halogens is 1. The van der Waals surface area contributed by atoms with Crippen LogP contribution in [0.1, 0.15) is 29.5 Å². The van der Waals surface area contributed by atoms with Crippen molar-refractivity contribution in [2.24, 2.45) is 0 Å². The van der Waals surface area contributed by atoms with Crippen LogP contribution in [0.5, 0.6) is 5.75 Å². The number of rotatable bonds is 3. The lowest BCUT2D eigenvalue weighted by Crippen LogP contribution is -2.15. The second kappa shape index (κ2) is 5.17. The molecule has 0 bridgehead atoms. The molecule has 16 heavy (non-hydrogen) atoms. The van der Waals surface area contributed by atoms with Gasteiger partial charge in [-0.2, -0.15) is 5.48 Å². The highest BCUT2D eigenvalue weighted by Gasteiger charge is 2.18. The van der Waals surface area contributed by atoms with Crippen LogP contribution in [0.25, 0.3) is 0 Å². The molecule has 0 saturated heterocycles. The fraction of sp³-hybridized carbons (Fsp3) is 0.500. The van der Waals surface area contributed by atoms with Gasteiger partial charge in [-0.15, -0.1) is 0 Å². The van der Waals surface area contributed by atoms with Gasteiger partial charge in [0.2, 0.25) is 0 Å². The van der Waals surface area contributed by atoms with Gasteiger partial charge in [0.25, 0.3) is 0 Å². The molecule has 2 rings (SSSR count). The highest BCUT2D eigenvalue weighted by Crippen LogP contribution is 2.36. The monoisotopic (exact) mass is 285 g/mol. The molecule has 0 aliphatic heterocycles. The van der Waals surface area contributed by atoms with Crippen LogP contribution in [-0.2, 0) is 24.2 Å². The van der Waals surface area contributed by atoms with Crippen LogP contribution in [0.2, 0.25) is 0 Å². The molecule has 0 radical (unpaired) electrons. The van der Waals surface area contributed by atoms with Gasteiger partial charge in [-0.25, -0.2) is 0 Å². The minimum absolute atomic E-state index is 0.338. The predicted octanol–water partition coefficient (Wildman–Crippen LogP) is 2.68. The molecule has 0 heterocycles. The molecule has 1 aliphatic carbocycles. The largest absolute Gasteiger partial charge is 0.506 e. The summed E-state index contributed by atoms with van der Waals surface area (Å²) in [5.74, 6) is 0.338. The van der Waals surface area contributed by atoms with E-state index in [-0.39, 0.29) is 0 Å². The van der Waals surface area contributed by atoms with Gasteiger partial charge in [0.1, 0.15) is 5.75 Å². The third kappa shape index (κ3) is 2.24. The minimum atomic E-state index is 0.338. The number of nitrogens with one attached hydrogen (secondary N) is 1. The Kier molecular flexibility index (Phi) is 3.84. The Hall–Kier alpha value is -0.580. The van der Waals surface area contributed by atoms with E-state index in [1.54, 1.807) is 7.11 Å². The van der Waals surface area contributed by atoms with E-state index in [2.05, 4.69) is 21.4 Å². The van der Waals surface area contributed by atoms with Crippen molar-refractivity contribution in [3.63, 3.8) is 0 Å². The third-order valence-electron chi connectivity index (χ3n) is 3.08. The number of phenolic OH excluding ortho intramolecular Hbond substituents is 1. The smallest absolute Gasteiger partial charge is 0.134 e. The van der Waals surface area contributed by atoms with Crippen molar-refractivity contribution in [3.8, 4) is 5.75 Å². The fourth-order valence-electron chi connectivity index (χ4n) is 2.28. The molecule has 0 spiro atoms. The number of phenols is 1. The van der Waals surface area contributed by atoms with Gasteiger partial charge in [-0.1, -0.05) is 0 Å². The molecule has 0 aromatic heterocycles. The summed E-state index contributed by atoms with van der Waals surface area (Å²) in [7, 11) is 1.58. The SMILES string of the molecule is CONCc1c(O)c(Br)cc2c1CCCC2. The zero-order valence-corrected chi connectivity index (χ0v) is 10.9. The molecule has 1 aliphatic rings. The molecule has 0 fully saturated rings. The molecule has 88 valence electrons. The van der Waals surface area contributed by atoms with Crippen molar-refractivity contribution in [1.82, 2.24) is 5.48 Å². The number of aromatic hydroxyl groups is 1. The van der Waals surface area contributed by atoms with Crippen molar-refractivity contribution in [3.05, 3.63) is 27.2 Å². The summed E-state index contributed by atoms with van der Waals surface area (Å²) >= 11 is 3.40. The number of hydrogen-bond donors (Lipinski definition) is 2. The molecule has 1 aromatic rings. The number of aryl methyl sites for hydroxylation is 1. The lowest BCUT2D eigenvalue weighted by atomic mass is 9.88. The minimum Gasteiger partial charge on any atom is -0.506 e. The van der Waals surface area contributed by atoms with Crippen molar-refractivity contribution in [1.29, 1.82) is 0 Å². The Labute approximate surface area is 104 Å². The second-order valence-corrected chi connectivity index (χ2v) is 4.91. The normalized spacial score (nSPS) is 14.9. The summed E-state index contributed by atoms with van der Waals surface area (Å²) in [5, 5.41) is 10.0.